The molecule has 0 saturated heterocycles. The zero-order valence-electron chi connectivity index (χ0n) is 11.9. The van der Waals surface area contributed by atoms with Crippen LogP contribution in [0, 0.1) is 0 Å². The van der Waals surface area contributed by atoms with Gasteiger partial charge in [-0.3, -0.25) is 0 Å². The molecule has 110 valence electrons. The molecule has 1 aromatic carbocycles. The topological polar surface area (TPSA) is 96.7 Å². The van der Waals surface area contributed by atoms with Crippen LogP contribution in [0.4, 0.5) is 16.2 Å². The van der Waals surface area contributed by atoms with Gasteiger partial charge in [0.25, 0.3) is 0 Å². The summed E-state index contributed by atoms with van der Waals surface area (Å²) in [4.78, 5) is 24.2. The van der Waals surface area contributed by atoms with Gasteiger partial charge in [0.15, 0.2) is 0 Å². The molecule has 0 fully saturated rings. The molecule has 0 unspecified atom stereocenters. The summed E-state index contributed by atoms with van der Waals surface area (Å²) in [5.41, 5.74) is 7.39. The van der Waals surface area contributed by atoms with Crippen LogP contribution in [0.1, 0.15) is 10.4 Å². The fourth-order valence-corrected chi connectivity index (χ4v) is 1.48. The number of amides is 2. The minimum atomic E-state index is -0.422. The van der Waals surface area contributed by atoms with Crippen LogP contribution in [0.3, 0.4) is 0 Å². The molecular formula is C13H20N4O3. The molecule has 20 heavy (non-hydrogen) atoms. The molecule has 0 atom stereocenters. The van der Waals surface area contributed by atoms with Crippen LogP contribution in [0.2, 0.25) is 0 Å². The maximum absolute atomic E-state index is 11.4. The van der Waals surface area contributed by atoms with Crippen LogP contribution < -0.4 is 16.4 Å². The second-order valence-electron chi connectivity index (χ2n) is 4.35. The molecule has 0 spiro atoms. The summed E-state index contributed by atoms with van der Waals surface area (Å²) < 4.78 is 4.64. The quantitative estimate of drug-likeness (QED) is 0.420. The van der Waals surface area contributed by atoms with E-state index in [1.54, 1.807) is 32.3 Å². The molecule has 7 nitrogen and oxygen atoms in total. The summed E-state index contributed by atoms with van der Waals surface area (Å²) in [5.74, 6) is -0.422. The van der Waals surface area contributed by atoms with E-state index in [0.717, 1.165) is 0 Å². The zero-order valence-corrected chi connectivity index (χ0v) is 11.9. The van der Waals surface area contributed by atoms with E-state index in [-0.39, 0.29) is 6.03 Å². The number of nitrogens with one attached hydrogen (secondary N) is 2. The van der Waals surface area contributed by atoms with Crippen molar-refractivity contribution in [1.82, 2.24) is 10.2 Å². The second kappa shape index (κ2) is 7.22. The Kier molecular flexibility index (Phi) is 5.64. The average Bonchev–Trinajstić information content (AvgIpc) is 2.43. The van der Waals surface area contributed by atoms with E-state index in [4.69, 9.17) is 5.73 Å². The van der Waals surface area contributed by atoms with Crippen molar-refractivity contribution in [2.24, 2.45) is 0 Å². The number of carbonyl (C=O) groups is 2. The number of anilines is 2. The van der Waals surface area contributed by atoms with Crippen molar-refractivity contribution >= 4 is 23.4 Å². The number of carbonyl (C=O) groups excluding carboxylic acids is 2. The van der Waals surface area contributed by atoms with Crippen molar-refractivity contribution in [3.63, 3.8) is 0 Å². The average molecular weight is 280 g/mol. The zero-order chi connectivity index (χ0) is 15.1. The van der Waals surface area contributed by atoms with Gasteiger partial charge < -0.3 is 26.0 Å². The van der Waals surface area contributed by atoms with Crippen LogP contribution in [-0.2, 0) is 4.74 Å². The van der Waals surface area contributed by atoms with Crippen molar-refractivity contribution in [3.05, 3.63) is 23.8 Å². The molecule has 2 amide bonds. The summed E-state index contributed by atoms with van der Waals surface area (Å²) in [6.07, 6.45) is 0. The smallest absolute Gasteiger partial charge is 0.337 e. The first-order valence-corrected chi connectivity index (χ1v) is 6.12. The van der Waals surface area contributed by atoms with Crippen molar-refractivity contribution in [3.8, 4) is 0 Å². The Morgan fingerprint density at radius 3 is 2.60 bits per heavy atom. The number of methoxy groups -OCH3 is 1. The molecule has 0 aliphatic heterocycles. The number of esters is 1. The minimum absolute atomic E-state index is 0.164. The standard InChI is InChI=1S/C13H20N4O3/c1-17(2)13(19)16-7-6-15-11-8-9(12(18)20-3)4-5-10(11)14/h4-5,8,15H,6-7,14H2,1-3H3,(H,16,19). The lowest BCUT2D eigenvalue weighted by Gasteiger charge is -2.14. The third kappa shape index (κ3) is 4.34. The molecule has 1 rings (SSSR count). The van der Waals surface area contributed by atoms with Crippen molar-refractivity contribution < 1.29 is 14.3 Å². The number of ether oxygens (including phenoxy) is 1. The lowest BCUT2D eigenvalue weighted by Crippen LogP contribution is -2.37. The number of nitrogens with zero attached hydrogens (tertiary/aromatic N) is 1. The Morgan fingerprint density at radius 1 is 1.30 bits per heavy atom. The monoisotopic (exact) mass is 280 g/mol. The normalized spacial score (nSPS) is 9.75. The lowest BCUT2D eigenvalue weighted by molar-refractivity contribution is 0.0601. The number of hydrogen-bond acceptors (Lipinski definition) is 5. The predicted molar refractivity (Wildman–Crippen MR) is 77.8 cm³/mol. The van der Waals surface area contributed by atoms with E-state index in [2.05, 4.69) is 15.4 Å². The van der Waals surface area contributed by atoms with Gasteiger partial charge >= 0.3 is 12.0 Å². The van der Waals surface area contributed by atoms with E-state index in [9.17, 15) is 9.59 Å². The van der Waals surface area contributed by atoms with E-state index < -0.39 is 5.97 Å². The molecule has 0 saturated carbocycles. The number of nitrogens with two attached hydrogens (primary N) is 1. The number of benzene rings is 1. The molecule has 4 N–H and O–H groups in total. The highest BCUT2D eigenvalue weighted by molar-refractivity contribution is 5.91. The van der Waals surface area contributed by atoms with Gasteiger partial charge in [0.05, 0.1) is 24.0 Å². The first-order valence-electron chi connectivity index (χ1n) is 6.12. The fraction of sp³-hybridized carbons (Fsp3) is 0.385. The van der Waals surface area contributed by atoms with Gasteiger partial charge in [-0.05, 0) is 18.2 Å². The molecular weight excluding hydrogens is 260 g/mol. The highest BCUT2D eigenvalue weighted by Gasteiger charge is 2.08. The predicted octanol–water partition coefficient (Wildman–Crippen LogP) is 0.739. The van der Waals surface area contributed by atoms with Crippen LogP contribution in [-0.4, -0.2) is 51.2 Å². The van der Waals surface area contributed by atoms with Crippen LogP contribution in [0.15, 0.2) is 18.2 Å². The van der Waals surface area contributed by atoms with Crippen LogP contribution >= 0.6 is 0 Å². The summed E-state index contributed by atoms with van der Waals surface area (Å²) in [6, 6.07) is 4.69. The first kappa shape index (κ1) is 15.6. The van der Waals surface area contributed by atoms with Gasteiger partial charge in [-0.2, -0.15) is 0 Å². The highest BCUT2D eigenvalue weighted by atomic mass is 16.5. The summed E-state index contributed by atoms with van der Waals surface area (Å²) >= 11 is 0. The lowest BCUT2D eigenvalue weighted by atomic mass is 10.1. The Labute approximate surface area is 118 Å². The van der Waals surface area contributed by atoms with Crippen LogP contribution in [0.25, 0.3) is 0 Å². The second-order valence-corrected chi connectivity index (χ2v) is 4.35. The number of nitrogen functional groups attached to an aromatic ring is 1. The van der Waals surface area contributed by atoms with Crippen molar-refractivity contribution in [2.45, 2.75) is 0 Å². The van der Waals surface area contributed by atoms with E-state index in [0.29, 0.717) is 30.0 Å². The molecule has 7 heteroatoms. The van der Waals surface area contributed by atoms with Gasteiger partial charge in [-0.1, -0.05) is 0 Å². The Balaban J connectivity index is 2.55. The number of hydrogen-bond donors (Lipinski definition) is 3. The van der Waals surface area contributed by atoms with Gasteiger partial charge in [0, 0.05) is 27.2 Å². The van der Waals surface area contributed by atoms with Crippen molar-refractivity contribution in [2.75, 3.05) is 45.3 Å². The van der Waals surface area contributed by atoms with Gasteiger partial charge in [0.2, 0.25) is 0 Å². The molecule has 0 bridgehead atoms. The summed E-state index contributed by atoms with van der Waals surface area (Å²) in [6.45, 7) is 0.938. The highest BCUT2D eigenvalue weighted by Crippen LogP contribution is 2.20. The summed E-state index contributed by atoms with van der Waals surface area (Å²) in [7, 11) is 4.66. The summed E-state index contributed by atoms with van der Waals surface area (Å²) in [5, 5.41) is 5.77. The SMILES string of the molecule is COC(=O)c1ccc(N)c(NCCNC(=O)N(C)C)c1. The molecule has 0 heterocycles. The van der Waals surface area contributed by atoms with Crippen LogP contribution in [0.5, 0.6) is 0 Å². The van der Waals surface area contributed by atoms with E-state index in [1.807, 2.05) is 0 Å². The molecule has 0 aliphatic carbocycles. The Hall–Kier alpha value is -2.44. The van der Waals surface area contributed by atoms with Gasteiger partial charge in [-0.25, -0.2) is 9.59 Å². The van der Waals surface area contributed by atoms with Gasteiger partial charge in [-0.15, -0.1) is 0 Å². The molecule has 1 aromatic rings. The Bertz CT molecular complexity index is 489. The first-order chi connectivity index (χ1) is 9.45. The maximum atomic E-state index is 11.4. The third-order valence-corrected chi connectivity index (χ3v) is 2.60. The Morgan fingerprint density at radius 2 is 2.00 bits per heavy atom. The molecule has 0 aliphatic rings. The number of rotatable bonds is 5. The maximum Gasteiger partial charge on any atom is 0.337 e. The van der Waals surface area contributed by atoms with E-state index in [1.165, 1.54) is 12.0 Å². The van der Waals surface area contributed by atoms with Gasteiger partial charge in [0.1, 0.15) is 0 Å². The van der Waals surface area contributed by atoms with E-state index >= 15 is 0 Å². The molecule has 0 radical (unpaired) electrons. The third-order valence-electron chi connectivity index (χ3n) is 2.60. The minimum Gasteiger partial charge on any atom is -0.465 e. The largest absolute Gasteiger partial charge is 0.465 e. The molecule has 0 aromatic heterocycles. The fourth-order valence-electron chi connectivity index (χ4n) is 1.48. The number of urea groups is 1. The van der Waals surface area contributed by atoms with Crippen molar-refractivity contribution in [1.29, 1.82) is 0 Å².